The molecule has 5 rings (SSSR count). The molecule has 1 aliphatic heterocycles. The molecular weight excluding hydrogens is 428 g/mol. The number of halogens is 1. The van der Waals surface area contributed by atoms with Crippen molar-refractivity contribution < 1.29 is 4.74 Å². The number of ether oxygens (including phenoxy) is 1. The second-order valence-corrected chi connectivity index (χ2v) is 8.94. The standard InChI is InChI=1S/C24H25ClN4OS/c1-30-21-10-9-18(14-19(21)25)29-23(16-11-13-28(15-16)17-6-2-3-7-17)22(27-24(29)31)20-8-4-5-12-26-20/h4-5,8-15,17,22-23H,2-3,6-7H2,1H3,(H,27,31)/t22-,23+/m0/s1. The van der Waals surface area contributed by atoms with Gasteiger partial charge in [0.2, 0.25) is 0 Å². The van der Waals surface area contributed by atoms with Gasteiger partial charge in [0.05, 0.1) is 29.9 Å². The smallest absolute Gasteiger partial charge is 0.174 e. The molecule has 0 amide bonds. The van der Waals surface area contributed by atoms with E-state index in [1.807, 2.05) is 42.6 Å². The van der Waals surface area contributed by atoms with Crippen LogP contribution in [0.1, 0.15) is 55.1 Å². The number of hydrogen-bond donors (Lipinski definition) is 1. The van der Waals surface area contributed by atoms with Crippen LogP contribution in [-0.4, -0.2) is 21.8 Å². The molecule has 3 heterocycles. The molecule has 2 aliphatic rings. The first-order chi connectivity index (χ1) is 15.2. The Balaban J connectivity index is 1.57. The number of pyridine rings is 1. The third-order valence-corrected chi connectivity index (χ3v) is 6.95. The van der Waals surface area contributed by atoms with Crippen LogP contribution in [0.4, 0.5) is 5.69 Å². The number of nitrogens with zero attached hydrogens (tertiary/aromatic N) is 3. The Labute approximate surface area is 193 Å². The molecule has 1 N–H and O–H groups in total. The van der Waals surface area contributed by atoms with Crippen molar-refractivity contribution in [3.8, 4) is 5.75 Å². The predicted molar refractivity (Wildman–Crippen MR) is 128 cm³/mol. The van der Waals surface area contributed by atoms with Crippen molar-refractivity contribution in [2.24, 2.45) is 0 Å². The normalized spacial score (nSPS) is 21.5. The molecule has 2 atom stereocenters. The third-order valence-electron chi connectivity index (χ3n) is 6.34. The topological polar surface area (TPSA) is 42.3 Å². The van der Waals surface area contributed by atoms with Crippen molar-refractivity contribution in [2.45, 2.75) is 43.8 Å². The van der Waals surface area contributed by atoms with Crippen LogP contribution >= 0.6 is 23.8 Å². The first-order valence-corrected chi connectivity index (χ1v) is 11.5. The van der Waals surface area contributed by atoms with E-state index >= 15 is 0 Å². The number of benzene rings is 1. The summed E-state index contributed by atoms with van der Waals surface area (Å²) in [6.07, 6.45) is 11.4. The lowest BCUT2D eigenvalue weighted by Gasteiger charge is -2.27. The van der Waals surface area contributed by atoms with E-state index in [-0.39, 0.29) is 12.1 Å². The molecule has 0 radical (unpaired) electrons. The number of thiocarbonyl (C=S) groups is 1. The fourth-order valence-corrected chi connectivity index (χ4v) is 5.41. The zero-order valence-corrected chi connectivity index (χ0v) is 18.9. The van der Waals surface area contributed by atoms with E-state index in [9.17, 15) is 0 Å². The molecule has 0 unspecified atom stereocenters. The Morgan fingerprint density at radius 2 is 2.00 bits per heavy atom. The highest BCUT2D eigenvalue weighted by molar-refractivity contribution is 7.80. The highest BCUT2D eigenvalue weighted by Gasteiger charge is 2.41. The van der Waals surface area contributed by atoms with E-state index in [0.29, 0.717) is 21.9 Å². The van der Waals surface area contributed by atoms with Crippen molar-refractivity contribution in [1.82, 2.24) is 14.9 Å². The van der Waals surface area contributed by atoms with Crippen LogP contribution in [0.25, 0.3) is 0 Å². The molecule has 2 aromatic heterocycles. The van der Waals surface area contributed by atoms with Gasteiger partial charge in [-0.05, 0) is 67.0 Å². The fraction of sp³-hybridized carbons (Fsp3) is 0.333. The summed E-state index contributed by atoms with van der Waals surface area (Å²) >= 11 is 12.3. The number of hydrogen-bond acceptors (Lipinski definition) is 3. The minimum Gasteiger partial charge on any atom is -0.495 e. The fourth-order valence-electron chi connectivity index (χ4n) is 4.81. The predicted octanol–water partition coefficient (Wildman–Crippen LogP) is 5.84. The average molecular weight is 453 g/mol. The lowest BCUT2D eigenvalue weighted by atomic mass is 9.98. The summed E-state index contributed by atoms with van der Waals surface area (Å²) < 4.78 is 7.71. The minimum atomic E-state index is -0.0611. The second kappa shape index (κ2) is 8.52. The first-order valence-electron chi connectivity index (χ1n) is 10.7. The first kappa shape index (κ1) is 20.3. The van der Waals surface area contributed by atoms with Gasteiger partial charge in [-0.1, -0.05) is 30.5 Å². The number of anilines is 1. The molecule has 0 bridgehead atoms. The molecule has 3 aromatic rings. The van der Waals surface area contributed by atoms with Crippen LogP contribution in [0.15, 0.2) is 61.1 Å². The number of rotatable bonds is 5. The molecule has 5 nitrogen and oxygen atoms in total. The summed E-state index contributed by atoms with van der Waals surface area (Å²) in [5, 5.41) is 4.73. The SMILES string of the molecule is COc1ccc(N2C(=S)N[C@@H](c3ccccn3)[C@H]2c2ccn(C3CCCC3)c2)cc1Cl. The van der Waals surface area contributed by atoms with Gasteiger partial charge >= 0.3 is 0 Å². The van der Waals surface area contributed by atoms with Gasteiger partial charge in [-0.25, -0.2) is 0 Å². The average Bonchev–Trinajstić information content (AvgIpc) is 3.53. The van der Waals surface area contributed by atoms with Crippen LogP contribution < -0.4 is 15.0 Å². The summed E-state index contributed by atoms with van der Waals surface area (Å²) in [6, 6.07) is 14.5. The van der Waals surface area contributed by atoms with Gasteiger partial charge in [0.25, 0.3) is 0 Å². The molecule has 7 heteroatoms. The lowest BCUT2D eigenvalue weighted by molar-refractivity contribution is 0.415. The van der Waals surface area contributed by atoms with E-state index in [1.54, 1.807) is 7.11 Å². The molecule has 0 spiro atoms. The Morgan fingerprint density at radius 3 is 2.71 bits per heavy atom. The van der Waals surface area contributed by atoms with E-state index in [2.05, 4.69) is 38.2 Å². The maximum absolute atomic E-state index is 6.46. The molecular formula is C24H25ClN4OS. The van der Waals surface area contributed by atoms with Crippen molar-refractivity contribution in [3.05, 3.63) is 77.3 Å². The minimum absolute atomic E-state index is 0.0329. The largest absolute Gasteiger partial charge is 0.495 e. The van der Waals surface area contributed by atoms with Crippen molar-refractivity contribution in [1.29, 1.82) is 0 Å². The molecule has 31 heavy (non-hydrogen) atoms. The molecule has 1 aliphatic carbocycles. The Morgan fingerprint density at radius 1 is 1.16 bits per heavy atom. The molecule has 1 aromatic carbocycles. The quantitative estimate of drug-likeness (QED) is 0.493. The maximum atomic E-state index is 6.46. The second-order valence-electron chi connectivity index (χ2n) is 8.15. The van der Waals surface area contributed by atoms with E-state index in [0.717, 1.165) is 11.4 Å². The zero-order chi connectivity index (χ0) is 21.4. The highest BCUT2D eigenvalue weighted by atomic mass is 35.5. The van der Waals surface area contributed by atoms with Gasteiger partial charge in [0, 0.05) is 30.3 Å². The summed E-state index contributed by atoms with van der Waals surface area (Å²) in [7, 11) is 1.62. The van der Waals surface area contributed by atoms with Gasteiger partial charge in [0.15, 0.2) is 5.11 Å². The summed E-state index contributed by atoms with van der Waals surface area (Å²) in [5.41, 5.74) is 3.10. The van der Waals surface area contributed by atoms with E-state index < -0.39 is 0 Å². The number of nitrogens with one attached hydrogen (secondary N) is 1. The number of methoxy groups -OCH3 is 1. The van der Waals surface area contributed by atoms with Crippen molar-refractivity contribution >= 4 is 34.6 Å². The van der Waals surface area contributed by atoms with Gasteiger partial charge in [-0.15, -0.1) is 0 Å². The van der Waals surface area contributed by atoms with Crippen LogP contribution in [0.5, 0.6) is 5.75 Å². The summed E-state index contributed by atoms with van der Waals surface area (Å²) in [6.45, 7) is 0. The van der Waals surface area contributed by atoms with Crippen molar-refractivity contribution in [3.63, 3.8) is 0 Å². The monoisotopic (exact) mass is 452 g/mol. The Hall–Kier alpha value is -2.57. The van der Waals surface area contributed by atoms with Crippen LogP contribution in [0.3, 0.4) is 0 Å². The van der Waals surface area contributed by atoms with Gasteiger partial charge in [-0.2, -0.15) is 0 Å². The van der Waals surface area contributed by atoms with E-state index in [4.69, 9.17) is 28.6 Å². The van der Waals surface area contributed by atoms with Crippen LogP contribution in [-0.2, 0) is 0 Å². The Kier molecular flexibility index (Phi) is 5.59. The molecule has 160 valence electrons. The molecule has 1 saturated heterocycles. The molecule has 1 saturated carbocycles. The van der Waals surface area contributed by atoms with E-state index in [1.165, 1.54) is 31.2 Å². The number of aromatic nitrogens is 2. The summed E-state index contributed by atoms with van der Waals surface area (Å²) in [4.78, 5) is 6.77. The van der Waals surface area contributed by atoms with Gasteiger partial charge < -0.3 is 19.5 Å². The van der Waals surface area contributed by atoms with Crippen LogP contribution in [0, 0.1) is 0 Å². The highest BCUT2D eigenvalue weighted by Crippen LogP contribution is 2.43. The lowest BCUT2D eigenvalue weighted by Crippen LogP contribution is -2.29. The van der Waals surface area contributed by atoms with Crippen molar-refractivity contribution in [2.75, 3.05) is 12.0 Å². The van der Waals surface area contributed by atoms with Gasteiger partial charge in [0.1, 0.15) is 5.75 Å². The zero-order valence-electron chi connectivity index (χ0n) is 17.4. The Bertz CT molecular complexity index is 1080. The molecule has 2 fully saturated rings. The van der Waals surface area contributed by atoms with Gasteiger partial charge in [-0.3, -0.25) is 4.98 Å². The summed E-state index contributed by atoms with van der Waals surface area (Å²) in [5.74, 6) is 0.647. The maximum Gasteiger partial charge on any atom is 0.174 e. The third kappa shape index (κ3) is 3.79. The van der Waals surface area contributed by atoms with Crippen LogP contribution in [0.2, 0.25) is 5.02 Å².